The molecule has 0 spiro atoms. The summed E-state index contributed by atoms with van der Waals surface area (Å²) in [4.78, 5) is 13.4. The molecule has 8 heteroatoms. The summed E-state index contributed by atoms with van der Waals surface area (Å²) in [6.45, 7) is -0.322. The molecule has 7 nitrogen and oxygen atoms in total. The van der Waals surface area contributed by atoms with Crippen molar-refractivity contribution in [3.63, 3.8) is 0 Å². The summed E-state index contributed by atoms with van der Waals surface area (Å²) in [5, 5.41) is 18.9. The predicted octanol–water partition coefficient (Wildman–Crippen LogP) is 0.689. The molecule has 1 aromatic carbocycles. The van der Waals surface area contributed by atoms with Gasteiger partial charge < -0.3 is 25.4 Å². The Morgan fingerprint density at radius 3 is 2.90 bits per heavy atom. The van der Waals surface area contributed by atoms with E-state index in [-0.39, 0.29) is 13.0 Å². The highest BCUT2D eigenvalue weighted by molar-refractivity contribution is 9.10. The second-order valence-corrected chi connectivity index (χ2v) is 5.93. The minimum absolute atomic E-state index is 0.178. The quantitative estimate of drug-likeness (QED) is 0.718. The largest absolute Gasteiger partial charge is 0.418 e. The third-order valence-corrected chi connectivity index (χ3v) is 4.19. The van der Waals surface area contributed by atoms with Gasteiger partial charge in [0, 0.05) is 16.5 Å². The number of carbonyl (C=O) groups is 1. The molecular weight excluding hydrogens is 344 g/mol. The molecule has 1 saturated heterocycles. The highest BCUT2D eigenvalue weighted by atomic mass is 79.9. The van der Waals surface area contributed by atoms with Gasteiger partial charge >= 0.3 is 6.09 Å². The fourth-order valence-corrected chi connectivity index (χ4v) is 2.98. The van der Waals surface area contributed by atoms with E-state index in [1.165, 1.54) is 4.90 Å². The molecule has 4 N–H and O–H groups in total. The Morgan fingerprint density at radius 1 is 1.48 bits per heavy atom. The smallest absolute Gasteiger partial charge is 0.410 e. The van der Waals surface area contributed by atoms with E-state index in [9.17, 15) is 9.90 Å². The number of amides is 1. The summed E-state index contributed by atoms with van der Waals surface area (Å²) >= 11 is 3.35. The van der Waals surface area contributed by atoms with E-state index in [1.807, 2.05) is 0 Å². The first-order chi connectivity index (χ1) is 10.0. The SMILES string of the molecule is NC1c2cc(Br)ccc2OC(=O)N1[C@H]1C[C@H](O)[C@@H](CO)O1. The normalized spacial score (nSPS) is 32.0. The second-order valence-electron chi connectivity index (χ2n) is 5.02. The Kier molecular flexibility index (Phi) is 3.89. The average molecular weight is 359 g/mol. The van der Waals surface area contributed by atoms with Crippen molar-refractivity contribution in [3.05, 3.63) is 28.2 Å². The van der Waals surface area contributed by atoms with Crippen LogP contribution in [0.2, 0.25) is 0 Å². The van der Waals surface area contributed by atoms with E-state index < -0.39 is 30.7 Å². The molecule has 1 unspecified atom stereocenters. The van der Waals surface area contributed by atoms with Gasteiger partial charge in [-0.3, -0.25) is 4.90 Å². The number of benzene rings is 1. The molecule has 1 amide bonds. The van der Waals surface area contributed by atoms with Gasteiger partial charge in [-0.1, -0.05) is 15.9 Å². The van der Waals surface area contributed by atoms with E-state index in [1.54, 1.807) is 18.2 Å². The number of nitrogens with two attached hydrogens (primary N) is 1. The van der Waals surface area contributed by atoms with Crippen LogP contribution in [0.5, 0.6) is 5.75 Å². The highest BCUT2D eigenvalue weighted by Crippen LogP contribution is 2.37. The van der Waals surface area contributed by atoms with E-state index in [0.717, 1.165) is 4.47 Å². The lowest BCUT2D eigenvalue weighted by atomic mass is 10.1. The first kappa shape index (κ1) is 14.7. The summed E-state index contributed by atoms with van der Waals surface area (Å²) in [5.41, 5.74) is 6.79. The Hall–Kier alpha value is -1.19. The zero-order valence-electron chi connectivity index (χ0n) is 11.0. The summed E-state index contributed by atoms with van der Waals surface area (Å²) in [6.07, 6.45) is -3.49. The molecule has 2 aliphatic heterocycles. The second kappa shape index (κ2) is 5.54. The standard InChI is InChI=1S/C13H15BrN2O5/c14-6-1-2-9-7(3-6)12(15)16(13(19)21-9)11-4-8(18)10(5-17)20-11/h1-3,8,10-12,17-18H,4-5,15H2/t8-,10+,11+,12?/m0/s1. The lowest BCUT2D eigenvalue weighted by Crippen LogP contribution is -2.50. The Bertz CT molecular complexity index is 569. The van der Waals surface area contributed by atoms with Gasteiger partial charge in [0.05, 0.1) is 12.7 Å². The van der Waals surface area contributed by atoms with Crippen LogP contribution in [0.1, 0.15) is 18.2 Å². The minimum atomic E-state index is -0.844. The zero-order valence-corrected chi connectivity index (χ0v) is 12.6. The summed E-state index contributed by atoms with van der Waals surface area (Å²) in [6, 6.07) is 5.19. The van der Waals surface area contributed by atoms with Crippen molar-refractivity contribution in [1.82, 2.24) is 4.90 Å². The van der Waals surface area contributed by atoms with Gasteiger partial charge in [-0.05, 0) is 18.2 Å². The molecule has 0 saturated carbocycles. The van der Waals surface area contributed by atoms with Crippen molar-refractivity contribution in [2.24, 2.45) is 5.73 Å². The fraction of sp³-hybridized carbons (Fsp3) is 0.462. The molecular formula is C13H15BrN2O5. The van der Waals surface area contributed by atoms with Crippen LogP contribution in [0.15, 0.2) is 22.7 Å². The molecule has 0 bridgehead atoms. The predicted molar refractivity (Wildman–Crippen MR) is 75.3 cm³/mol. The number of nitrogens with zero attached hydrogens (tertiary/aromatic N) is 1. The van der Waals surface area contributed by atoms with E-state index in [4.69, 9.17) is 20.3 Å². The monoisotopic (exact) mass is 358 g/mol. The van der Waals surface area contributed by atoms with Crippen LogP contribution in [0.25, 0.3) is 0 Å². The van der Waals surface area contributed by atoms with Gasteiger partial charge in [0.15, 0.2) is 0 Å². The number of hydrogen-bond donors (Lipinski definition) is 3. The Morgan fingerprint density at radius 2 is 2.24 bits per heavy atom. The van der Waals surface area contributed by atoms with Crippen molar-refractivity contribution in [1.29, 1.82) is 0 Å². The highest BCUT2D eigenvalue weighted by Gasteiger charge is 2.44. The number of aliphatic hydroxyl groups excluding tert-OH is 2. The summed E-state index contributed by atoms with van der Waals surface area (Å²) in [7, 11) is 0. The third-order valence-electron chi connectivity index (χ3n) is 3.69. The Balaban J connectivity index is 1.89. The lowest BCUT2D eigenvalue weighted by Gasteiger charge is -2.37. The number of ether oxygens (including phenoxy) is 2. The van der Waals surface area contributed by atoms with Crippen LogP contribution in [-0.2, 0) is 4.74 Å². The van der Waals surface area contributed by atoms with Crippen molar-refractivity contribution in [3.8, 4) is 5.75 Å². The van der Waals surface area contributed by atoms with Crippen LogP contribution in [0, 0.1) is 0 Å². The molecule has 2 heterocycles. The van der Waals surface area contributed by atoms with Crippen molar-refractivity contribution < 1.29 is 24.5 Å². The maximum atomic E-state index is 12.1. The van der Waals surface area contributed by atoms with Gasteiger partial charge in [0.2, 0.25) is 0 Å². The van der Waals surface area contributed by atoms with E-state index in [2.05, 4.69) is 15.9 Å². The zero-order chi connectivity index (χ0) is 15.1. The molecule has 4 atom stereocenters. The molecule has 0 aliphatic carbocycles. The number of carbonyl (C=O) groups excluding carboxylic acids is 1. The topological polar surface area (TPSA) is 105 Å². The fourth-order valence-electron chi connectivity index (χ4n) is 2.60. The van der Waals surface area contributed by atoms with Gasteiger partial charge in [0.25, 0.3) is 0 Å². The molecule has 0 radical (unpaired) electrons. The first-order valence-corrected chi connectivity index (χ1v) is 7.30. The number of halogens is 1. The number of aliphatic hydroxyl groups is 2. The maximum absolute atomic E-state index is 12.1. The molecule has 3 rings (SSSR count). The van der Waals surface area contributed by atoms with Gasteiger partial charge in [-0.15, -0.1) is 0 Å². The molecule has 1 aromatic rings. The molecule has 114 valence electrons. The van der Waals surface area contributed by atoms with Gasteiger partial charge in [-0.25, -0.2) is 4.79 Å². The number of rotatable bonds is 2. The van der Waals surface area contributed by atoms with Crippen LogP contribution >= 0.6 is 15.9 Å². The van der Waals surface area contributed by atoms with E-state index in [0.29, 0.717) is 11.3 Å². The van der Waals surface area contributed by atoms with Crippen molar-refractivity contribution in [2.45, 2.75) is 31.0 Å². The molecule has 21 heavy (non-hydrogen) atoms. The average Bonchev–Trinajstić information content (AvgIpc) is 2.81. The third kappa shape index (κ3) is 2.53. The minimum Gasteiger partial charge on any atom is -0.410 e. The lowest BCUT2D eigenvalue weighted by molar-refractivity contribution is -0.0830. The summed E-state index contributed by atoms with van der Waals surface area (Å²) in [5.74, 6) is 0.407. The van der Waals surface area contributed by atoms with E-state index >= 15 is 0 Å². The Labute approximate surface area is 129 Å². The molecule has 1 fully saturated rings. The number of hydrogen-bond acceptors (Lipinski definition) is 6. The summed E-state index contributed by atoms with van der Waals surface area (Å²) < 4.78 is 11.5. The van der Waals surface area contributed by atoms with Gasteiger partial charge in [0.1, 0.15) is 24.2 Å². The van der Waals surface area contributed by atoms with Crippen LogP contribution in [-0.4, -0.2) is 46.2 Å². The molecule has 0 aromatic heterocycles. The van der Waals surface area contributed by atoms with Crippen LogP contribution in [0.4, 0.5) is 4.79 Å². The van der Waals surface area contributed by atoms with Crippen LogP contribution < -0.4 is 10.5 Å². The molecule has 2 aliphatic rings. The van der Waals surface area contributed by atoms with Crippen LogP contribution in [0.3, 0.4) is 0 Å². The number of fused-ring (bicyclic) bond motifs is 1. The van der Waals surface area contributed by atoms with Gasteiger partial charge in [-0.2, -0.15) is 0 Å². The maximum Gasteiger partial charge on any atom is 0.418 e. The van der Waals surface area contributed by atoms with Crippen molar-refractivity contribution in [2.75, 3.05) is 6.61 Å². The first-order valence-electron chi connectivity index (χ1n) is 6.51. The van der Waals surface area contributed by atoms with Crippen molar-refractivity contribution >= 4 is 22.0 Å².